The van der Waals surface area contributed by atoms with Gasteiger partial charge in [0.25, 0.3) is 9.15 Å². The number of phenols is 1. The molecule has 0 aliphatic carbocycles. The summed E-state index contributed by atoms with van der Waals surface area (Å²) in [5.41, 5.74) is 2.58. The summed E-state index contributed by atoms with van der Waals surface area (Å²) in [6, 6.07) is 23.2. The summed E-state index contributed by atoms with van der Waals surface area (Å²) in [4.78, 5) is 0.555. The van der Waals surface area contributed by atoms with Crippen LogP contribution in [0.25, 0.3) is 0 Å². The minimum Gasteiger partial charge on any atom is -0.707 e. The summed E-state index contributed by atoms with van der Waals surface area (Å²) >= 11 is 0. The molecule has 0 aliphatic heterocycles. The van der Waals surface area contributed by atoms with Crippen LogP contribution in [0.4, 0.5) is 0 Å². The van der Waals surface area contributed by atoms with E-state index in [9.17, 15) is 18.1 Å². The van der Waals surface area contributed by atoms with E-state index in [1.165, 1.54) is 12.1 Å². The Balaban J connectivity index is 1.98. The molecule has 0 saturated heterocycles. The summed E-state index contributed by atoms with van der Waals surface area (Å²) < 4.78 is 36.0. The van der Waals surface area contributed by atoms with Gasteiger partial charge >= 0.3 is 0 Å². The molecule has 1 unspecified atom stereocenters. The molecule has 3 aromatic rings. The van der Waals surface area contributed by atoms with Gasteiger partial charge in [-0.25, -0.2) is 0 Å². The summed E-state index contributed by atoms with van der Waals surface area (Å²) in [5.74, 6) is 0.195. The van der Waals surface area contributed by atoms with Gasteiger partial charge in [-0.1, -0.05) is 60.7 Å². The van der Waals surface area contributed by atoms with Gasteiger partial charge in [-0.15, -0.1) is 0 Å². The molecule has 0 fully saturated rings. The van der Waals surface area contributed by atoms with Crippen LogP contribution in [0.1, 0.15) is 16.7 Å². The Morgan fingerprint density at radius 3 is 2.08 bits per heavy atom. The van der Waals surface area contributed by atoms with Crippen molar-refractivity contribution in [3.63, 3.8) is 0 Å². The van der Waals surface area contributed by atoms with Crippen molar-refractivity contribution in [3.05, 3.63) is 95.6 Å². The standard InChI is InChI=1S/C20H18O4S2/c21-19-12-10-17(11-13-19)15-25(26(22,23)24)20-9-5-4-8-18(20)14-16-6-2-1-3-7-16/h1-13H,14-15H2,(H-,21,22,23,24). The SMILES string of the molecule is O=S(=O)([O-])[S+](Cc1ccc(O)cc1)c1ccccc1Cc1ccccc1. The molecule has 1 atom stereocenters. The second kappa shape index (κ2) is 7.95. The van der Waals surface area contributed by atoms with Crippen molar-refractivity contribution in [2.24, 2.45) is 0 Å². The molecule has 0 radical (unpaired) electrons. The number of hydrogen-bond acceptors (Lipinski definition) is 4. The molecule has 4 nitrogen and oxygen atoms in total. The van der Waals surface area contributed by atoms with E-state index in [2.05, 4.69) is 0 Å². The molecule has 134 valence electrons. The fourth-order valence-electron chi connectivity index (χ4n) is 2.69. The van der Waals surface area contributed by atoms with Crippen LogP contribution in [0.2, 0.25) is 0 Å². The van der Waals surface area contributed by atoms with Gasteiger partial charge in [-0.3, -0.25) is 0 Å². The minimum atomic E-state index is -4.53. The highest BCUT2D eigenvalue weighted by molar-refractivity contribution is 8.66. The first-order valence-corrected chi connectivity index (χ1v) is 11.3. The molecule has 0 saturated carbocycles. The zero-order valence-electron chi connectivity index (χ0n) is 13.9. The van der Waals surface area contributed by atoms with Crippen LogP contribution in [-0.2, 0) is 31.3 Å². The first-order valence-electron chi connectivity index (χ1n) is 8.00. The molecule has 0 aliphatic rings. The van der Waals surface area contributed by atoms with Crippen molar-refractivity contribution < 1.29 is 18.1 Å². The molecule has 0 bridgehead atoms. The average Bonchev–Trinajstić information content (AvgIpc) is 2.62. The molecule has 0 spiro atoms. The van der Waals surface area contributed by atoms with Gasteiger partial charge in [0, 0.05) is 17.5 Å². The Hall–Kier alpha value is -2.28. The van der Waals surface area contributed by atoms with Crippen molar-refractivity contribution in [2.45, 2.75) is 17.1 Å². The summed E-state index contributed by atoms with van der Waals surface area (Å²) in [7, 11) is -6.04. The maximum Gasteiger partial charge on any atom is 0.278 e. The summed E-state index contributed by atoms with van der Waals surface area (Å²) in [6.45, 7) is 0. The molecule has 0 aromatic heterocycles. The zero-order valence-corrected chi connectivity index (χ0v) is 15.5. The molecule has 3 aromatic carbocycles. The molecule has 0 amide bonds. The molecule has 3 rings (SSSR count). The highest BCUT2D eigenvalue weighted by Crippen LogP contribution is 2.28. The van der Waals surface area contributed by atoms with Gasteiger partial charge in [-0.05, 0) is 23.8 Å². The minimum absolute atomic E-state index is 0.0952. The van der Waals surface area contributed by atoms with Gasteiger partial charge in [0.05, 0.1) is 0 Å². The van der Waals surface area contributed by atoms with E-state index in [1.54, 1.807) is 24.3 Å². The quantitative estimate of drug-likeness (QED) is 0.399. The normalized spacial score (nSPS) is 12.7. The lowest BCUT2D eigenvalue weighted by Crippen LogP contribution is -2.19. The number of benzene rings is 3. The van der Waals surface area contributed by atoms with Crippen LogP contribution >= 0.6 is 0 Å². The monoisotopic (exact) mass is 386 g/mol. The van der Waals surface area contributed by atoms with E-state index in [4.69, 9.17) is 0 Å². The van der Waals surface area contributed by atoms with Crippen molar-refractivity contribution in [1.29, 1.82) is 0 Å². The fourth-order valence-corrected chi connectivity index (χ4v) is 6.36. The van der Waals surface area contributed by atoms with Crippen LogP contribution < -0.4 is 0 Å². The molecular formula is C20H18O4S2. The van der Waals surface area contributed by atoms with E-state index in [-0.39, 0.29) is 11.5 Å². The molecular weight excluding hydrogens is 368 g/mol. The molecule has 26 heavy (non-hydrogen) atoms. The zero-order chi connectivity index (χ0) is 18.6. The molecule has 6 heteroatoms. The Kier molecular flexibility index (Phi) is 5.66. The maximum absolute atomic E-state index is 12.0. The molecule has 1 N–H and O–H groups in total. The third-order valence-corrected chi connectivity index (χ3v) is 8.28. The highest BCUT2D eigenvalue weighted by Gasteiger charge is 2.33. The Morgan fingerprint density at radius 1 is 0.808 bits per heavy atom. The third-order valence-electron chi connectivity index (χ3n) is 3.94. The van der Waals surface area contributed by atoms with Crippen molar-refractivity contribution >= 4 is 19.1 Å². The Morgan fingerprint density at radius 2 is 1.42 bits per heavy atom. The van der Waals surface area contributed by atoms with Crippen LogP contribution in [0, 0.1) is 0 Å². The fraction of sp³-hybridized carbons (Fsp3) is 0.100. The van der Waals surface area contributed by atoms with E-state index in [0.29, 0.717) is 16.9 Å². The van der Waals surface area contributed by atoms with Crippen LogP contribution in [0.15, 0.2) is 83.8 Å². The summed E-state index contributed by atoms with van der Waals surface area (Å²) in [6.07, 6.45) is 0.561. The number of aromatic hydroxyl groups is 1. The second-order valence-electron chi connectivity index (χ2n) is 5.83. The van der Waals surface area contributed by atoms with Gasteiger partial charge in [0.15, 0.2) is 10.6 Å². The number of phenolic OH excluding ortho intramolecular Hbond substituents is 1. The Labute approximate surface area is 155 Å². The first kappa shape index (κ1) is 18.5. The van der Waals surface area contributed by atoms with E-state index < -0.39 is 19.1 Å². The number of rotatable bonds is 6. The topological polar surface area (TPSA) is 77.4 Å². The van der Waals surface area contributed by atoms with Crippen molar-refractivity contribution in [1.82, 2.24) is 0 Å². The first-order chi connectivity index (χ1) is 12.4. The molecule has 0 heterocycles. The highest BCUT2D eigenvalue weighted by atomic mass is 33.2. The van der Waals surface area contributed by atoms with Gasteiger partial charge in [-0.2, -0.15) is 8.42 Å². The Bertz CT molecular complexity index is 968. The van der Waals surface area contributed by atoms with E-state index in [0.717, 1.165) is 11.1 Å². The van der Waals surface area contributed by atoms with Crippen molar-refractivity contribution in [3.8, 4) is 5.75 Å². The smallest absolute Gasteiger partial charge is 0.278 e. The van der Waals surface area contributed by atoms with Crippen LogP contribution in [0.5, 0.6) is 5.75 Å². The third kappa shape index (κ3) is 4.66. The predicted octanol–water partition coefficient (Wildman–Crippen LogP) is 3.62. The summed E-state index contributed by atoms with van der Waals surface area (Å²) in [5, 5.41) is 9.40. The number of hydrogen-bond donors (Lipinski definition) is 1. The lowest BCUT2D eigenvalue weighted by Gasteiger charge is -2.14. The maximum atomic E-state index is 12.0. The van der Waals surface area contributed by atoms with Crippen molar-refractivity contribution in [2.75, 3.05) is 0 Å². The van der Waals surface area contributed by atoms with Gasteiger partial charge < -0.3 is 9.66 Å². The second-order valence-corrected chi connectivity index (χ2v) is 10.5. The van der Waals surface area contributed by atoms with Gasteiger partial charge in [0.1, 0.15) is 15.7 Å². The lowest BCUT2D eigenvalue weighted by atomic mass is 10.1. The predicted molar refractivity (Wildman–Crippen MR) is 103 cm³/mol. The van der Waals surface area contributed by atoms with Crippen LogP contribution in [-0.4, -0.2) is 18.1 Å². The van der Waals surface area contributed by atoms with Crippen LogP contribution in [0.3, 0.4) is 0 Å². The largest absolute Gasteiger partial charge is 0.707 e. The van der Waals surface area contributed by atoms with E-state index in [1.807, 2.05) is 42.5 Å². The average molecular weight is 386 g/mol. The van der Waals surface area contributed by atoms with Gasteiger partial charge in [0.2, 0.25) is 0 Å². The lowest BCUT2D eigenvalue weighted by molar-refractivity contribution is 0.475. The van der Waals surface area contributed by atoms with E-state index >= 15 is 0 Å².